The third-order valence-corrected chi connectivity index (χ3v) is 4.34. The predicted molar refractivity (Wildman–Crippen MR) is 89.2 cm³/mol. The summed E-state index contributed by atoms with van der Waals surface area (Å²) < 4.78 is 0. The van der Waals surface area contributed by atoms with Crippen molar-refractivity contribution in [3.05, 3.63) is 53.2 Å². The lowest BCUT2D eigenvalue weighted by Crippen LogP contribution is -2.05. The highest BCUT2D eigenvalue weighted by molar-refractivity contribution is 5.60. The predicted octanol–water partition coefficient (Wildman–Crippen LogP) is 5.05. The number of anilines is 2. The molecule has 2 aromatic rings. The average Bonchev–Trinajstić information content (AvgIpc) is 2.55. The lowest BCUT2D eigenvalue weighted by Gasteiger charge is -2.23. The molecule has 0 bridgehead atoms. The number of aromatic nitrogens is 1. The van der Waals surface area contributed by atoms with Crippen molar-refractivity contribution in [2.45, 2.75) is 44.9 Å². The van der Waals surface area contributed by atoms with Gasteiger partial charge >= 0.3 is 0 Å². The molecular weight excluding hydrogens is 270 g/mol. The highest BCUT2D eigenvalue weighted by Crippen LogP contribution is 2.34. The van der Waals surface area contributed by atoms with Gasteiger partial charge in [0.1, 0.15) is 5.82 Å². The Bertz CT molecular complexity index is 694. The summed E-state index contributed by atoms with van der Waals surface area (Å²) in [6.07, 6.45) is 8.31. The summed E-state index contributed by atoms with van der Waals surface area (Å²) in [5.41, 5.74) is 4.38. The van der Waals surface area contributed by atoms with Crippen LogP contribution in [0.3, 0.4) is 0 Å². The van der Waals surface area contributed by atoms with Gasteiger partial charge in [0.25, 0.3) is 0 Å². The van der Waals surface area contributed by atoms with Crippen LogP contribution in [0, 0.1) is 18.3 Å². The van der Waals surface area contributed by atoms with Crippen LogP contribution in [0.25, 0.3) is 0 Å². The van der Waals surface area contributed by atoms with E-state index < -0.39 is 0 Å². The van der Waals surface area contributed by atoms with Crippen molar-refractivity contribution >= 4 is 11.5 Å². The van der Waals surface area contributed by atoms with Crippen LogP contribution < -0.4 is 5.32 Å². The van der Waals surface area contributed by atoms with Gasteiger partial charge < -0.3 is 5.32 Å². The van der Waals surface area contributed by atoms with Crippen LogP contribution in [0.4, 0.5) is 11.5 Å². The fraction of sp³-hybridized carbons (Fsp3) is 0.368. The van der Waals surface area contributed by atoms with E-state index in [0.717, 1.165) is 11.5 Å². The molecule has 0 amide bonds. The van der Waals surface area contributed by atoms with Crippen molar-refractivity contribution in [1.82, 2.24) is 4.98 Å². The number of benzene rings is 1. The van der Waals surface area contributed by atoms with Crippen molar-refractivity contribution in [2.24, 2.45) is 0 Å². The number of hydrogen-bond donors (Lipinski definition) is 1. The smallest absolute Gasteiger partial charge is 0.131 e. The van der Waals surface area contributed by atoms with Crippen LogP contribution in [0.5, 0.6) is 0 Å². The molecule has 1 aliphatic carbocycles. The minimum Gasteiger partial charge on any atom is -0.340 e. The number of aryl methyl sites for hydroxylation is 1. The summed E-state index contributed by atoms with van der Waals surface area (Å²) in [5.74, 6) is 1.41. The van der Waals surface area contributed by atoms with E-state index >= 15 is 0 Å². The van der Waals surface area contributed by atoms with Gasteiger partial charge in [-0.15, -0.1) is 0 Å². The zero-order valence-electron chi connectivity index (χ0n) is 13.0. The first-order valence-corrected chi connectivity index (χ1v) is 7.99. The number of hydrogen-bond acceptors (Lipinski definition) is 3. The molecule has 1 aromatic carbocycles. The van der Waals surface area contributed by atoms with Gasteiger partial charge in [0, 0.05) is 11.9 Å². The van der Waals surface area contributed by atoms with Crippen molar-refractivity contribution in [2.75, 3.05) is 5.32 Å². The molecule has 3 nitrogen and oxygen atoms in total. The number of nitrogens with zero attached hydrogens (tertiary/aromatic N) is 2. The largest absolute Gasteiger partial charge is 0.340 e. The summed E-state index contributed by atoms with van der Waals surface area (Å²) >= 11 is 0. The van der Waals surface area contributed by atoms with Crippen LogP contribution in [-0.4, -0.2) is 4.98 Å². The first-order valence-electron chi connectivity index (χ1n) is 7.99. The monoisotopic (exact) mass is 291 g/mol. The van der Waals surface area contributed by atoms with Crippen LogP contribution in [0.1, 0.15) is 54.7 Å². The molecular formula is C19H21N3. The lowest BCUT2D eigenvalue weighted by atomic mass is 9.83. The minimum absolute atomic E-state index is 0.623. The Morgan fingerprint density at radius 1 is 1.14 bits per heavy atom. The topological polar surface area (TPSA) is 48.7 Å². The molecule has 0 spiro atoms. The normalized spacial score (nSPS) is 15.3. The van der Waals surface area contributed by atoms with E-state index in [1.54, 1.807) is 18.3 Å². The standard InChI is InChI=1S/C19H21N3/c1-14-9-17(16-5-3-2-4-6-16)12-18(10-14)22-19-11-15(13-20)7-8-21-19/h7-12,16H,2-6H2,1H3,(H,21,22). The van der Waals surface area contributed by atoms with Gasteiger partial charge in [-0.3, -0.25) is 0 Å². The molecule has 0 aliphatic heterocycles. The Kier molecular flexibility index (Phi) is 4.39. The zero-order chi connectivity index (χ0) is 15.4. The maximum Gasteiger partial charge on any atom is 0.131 e. The first-order chi connectivity index (χ1) is 10.7. The van der Waals surface area contributed by atoms with E-state index in [0.29, 0.717) is 11.5 Å². The molecule has 22 heavy (non-hydrogen) atoms. The van der Waals surface area contributed by atoms with Crippen LogP contribution in [-0.2, 0) is 0 Å². The first kappa shape index (κ1) is 14.6. The van der Waals surface area contributed by atoms with E-state index in [9.17, 15) is 0 Å². The van der Waals surface area contributed by atoms with Gasteiger partial charge in [-0.2, -0.15) is 5.26 Å². The fourth-order valence-electron chi connectivity index (χ4n) is 3.27. The van der Waals surface area contributed by atoms with Crippen LogP contribution in [0.2, 0.25) is 0 Å². The molecule has 1 aliphatic rings. The van der Waals surface area contributed by atoms with Gasteiger partial charge in [-0.1, -0.05) is 25.3 Å². The van der Waals surface area contributed by atoms with Gasteiger partial charge in [-0.25, -0.2) is 4.98 Å². The Morgan fingerprint density at radius 2 is 1.95 bits per heavy atom. The van der Waals surface area contributed by atoms with Crippen molar-refractivity contribution in [1.29, 1.82) is 5.26 Å². The van der Waals surface area contributed by atoms with E-state index in [1.165, 1.54) is 43.2 Å². The SMILES string of the molecule is Cc1cc(Nc2cc(C#N)ccn2)cc(C2CCCCC2)c1. The maximum absolute atomic E-state index is 8.98. The Morgan fingerprint density at radius 3 is 2.73 bits per heavy atom. The Labute approximate surface area is 132 Å². The Hall–Kier alpha value is -2.34. The van der Waals surface area contributed by atoms with Gasteiger partial charge in [0.05, 0.1) is 11.6 Å². The molecule has 1 aromatic heterocycles. The molecule has 1 N–H and O–H groups in total. The molecule has 0 saturated heterocycles. The van der Waals surface area contributed by atoms with E-state index in [1.807, 2.05) is 0 Å². The number of rotatable bonds is 3. The van der Waals surface area contributed by atoms with Crippen molar-refractivity contribution < 1.29 is 0 Å². The zero-order valence-corrected chi connectivity index (χ0v) is 13.0. The highest BCUT2D eigenvalue weighted by atomic mass is 15.0. The van der Waals surface area contributed by atoms with Crippen LogP contribution in [0.15, 0.2) is 36.5 Å². The second-order valence-electron chi connectivity index (χ2n) is 6.13. The third kappa shape index (κ3) is 3.46. The summed E-state index contributed by atoms with van der Waals surface area (Å²) in [4.78, 5) is 4.29. The Balaban J connectivity index is 1.84. The molecule has 3 rings (SSSR count). The highest BCUT2D eigenvalue weighted by Gasteiger charge is 2.16. The number of pyridine rings is 1. The van der Waals surface area contributed by atoms with Crippen molar-refractivity contribution in [3.63, 3.8) is 0 Å². The lowest BCUT2D eigenvalue weighted by molar-refractivity contribution is 0.443. The molecule has 1 heterocycles. The maximum atomic E-state index is 8.98. The second-order valence-corrected chi connectivity index (χ2v) is 6.13. The van der Waals surface area contributed by atoms with Crippen molar-refractivity contribution in [3.8, 4) is 6.07 Å². The van der Waals surface area contributed by atoms with E-state index in [2.05, 4.69) is 41.5 Å². The van der Waals surface area contributed by atoms with Gasteiger partial charge in [0.2, 0.25) is 0 Å². The second kappa shape index (κ2) is 6.62. The van der Waals surface area contributed by atoms with Crippen LogP contribution >= 0.6 is 0 Å². The molecule has 1 saturated carbocycles. The quantitative estimate of drug-likeness (QED) is 0.860. The summed E-state index contributed by atoms with van der Waals surface area (Å²) in [6.45, 7) is 2.14. The number of nitrogens with one attached hydrogen (secondary N) is 1. The number of nitriles is 1. The molecule has 0 radical (unpaired) electrons. The summed E-state index contributed by atoms with van der Waals surface area (Å²) in [6, 6.07) is 12.3. The third-order valence-electron chi connectivity index (χ3n) is 4.34. The van der Waals surface area contributed by atoms with E-state index in [-0.39, 0.29) is 0 Å². The molecule has 0 unspecified atom stereocenters. The molecule has 112 valence electrons. The summed E-state index contributed by atoms with van der Waals surface area (Å²) in [5, 5.41) is 12.3. The average molecular weight is 291 g/mol. The molecule has 3 heteroatoms. The minimum atomic E-state index is 0.623. The fourth-order valence-corrected chi connectivity index (χ4v) is 3.27. The molecule has 0 atom stereocenters. The molecule has 1 fully saturated rings. The summed E-state index contributed by atoms with van der Waals surface area (Å²) in [7, 11) is 0. The van der Waals surface area contributed by atoms with Gasteiger partial charge in [0.15, 0.2) is 0 Å². The van der Waals surface area contributed by atoms with Gasteiger partial charge in [-0.05, 0) is 61.1 Å². The van der Waals surface area contributed by atoms with E-state index in [4.69, 9.17) is 5.26 Å².